The van der Waals surface area contributed by atoms with Gasteiger partial charge < -0.3 is 10.5 Å². The molecule has 0 radical (unpaired) electrons. The van der Waals surface area contributed by atoms with Crippen molar-refractivity contribution in [3.05, 3.63) is 12.1 Å². The van der Waals surface area contributed by atoms with Gasteiger partial charge in [-0.15, -0.1) is 0 Å². The normalized spacial score (nSPS) is 15.2. The third-order valence-corrected chi connectivity index (χ3v) is 3.50. The molecule has 2 N–H and O–H groups in total. The molecule has 1 aliphatic rings. The summed E-state index contributed by atoms with van der Waals surface area (Å²) >= 11 is 0. The minimum absolute atomic E-state index is 0.543. The number of pyridine rings is 1. The van der Waals surface area contributed by atoms with Crippen LogP contribution in [-0.4, -0.2) is 21.6 Å². The quantitative estimate of drug-likeness (QED) is 0.878. The summed E-state index contributed by atoms with van der Waals surface area (Å²) in [6.07, 6.45) is 5.21. The van der Waals surface area contributed by atoms with Crippen molar-refractivity contribution in [2.24, 2.45) is 5.92 Å². The Bertz CT molecular complexity index is 559. The zero-order valence-electron chi connectivity index (χ0n) is 10.6. The molecule has 1 saturated carbocycles. The van der Waals surface area contributed by atoms with Gasteiger partial charge in [0, 0.05) is 12.6 Å². The maximum absolute atomic E-state index is 5.95. The first-order valence-corrected chi connectivity index (χ1v) is 6.44. The van der Waals surface area contributed by atoms with Gasteiger partial charge in [-0.25, -0.2) is 4.98 Å². The standard InChI is InChI=1S/C13H18N4O/c1-18-11-7-6-10-12(16-11)17(13(14)15-10)8-2-3-9-4-5-9/h6-7,9H,2-5,8H2,1H3,(H2,14,15). The van der Waals surface area contributed by atoms with Gasteiger partial charge in [-0.3, -0.25) is 4.57 Å². The minimum atomic E-state index is 0.543. The minimum Gasteiger partial charge on any atom is -0.481 e. The van der Waals surface area contributed by atoms with Crippen molar-refractivity contribution < 1.29 is 4.74 Å². The van der Waals surface area contributed by atoms with E-state index in [1.165, 1.54) is 19.3 Å². The first-order chi connectivity index (χ1) is 8.78. The Balaban J connectivity index is 1.85. The molecular weight excluding hydrogens is 228 g/mol. The maximum atomic E-state index is 5.95. The van der Waals surface area contributed by atoms with Crippen molar-refractivity contribution in [2.45, 2.75) is 32.2 Å². The van der Waals surface area contributed by atoms with Crippen LogP contribution in [0.2, 0.25) is 0 Å². The van der Waals surface area contributed by atoms with E-state index in [4.69, 9.17) is 10.5 Å². The molecule has 0 spiro atoms. The lowest BCUT2D eigenvalue weighted by molar-refractivity contribution is 0.399. The summed E-state index contributed by atoms with van der Waals surface area (Å²) in [6.45, 7) is 0.888. The van der Waals surface area contributed by atoms with Crippen LogP contribution in [0.3, 0.4) is 0 Å². The van der Waals surface area contributed by atoms with E-state index in [9.17, 15) is 0 Å². The van der Waals surface area contributed by atoms with Crippen molar-refractivity contribution in [1.82, 2.24) is 14.5 Å². The lowest BCUT2D eigenvalue weighted by atomic mass is 10.2. The van der Waals surface area contributed by atoms with Gasteiger partial charge in [0.25, 0.3) is 0 Å². The zero-order chi connectivity index (χ0) is 12.5. The molecule has 0 amide bonds. The predicted molar refractivity (Wildman–Crippen MR) is 70.5 cm³/mol. The van der Waals surface area contributed by atoms with Crippen LogP contribution < -0.4 is 10.5 Å². The fourth-order valence-corrected chi connectivity index (χ4v) is 2.28. The summed E-state index contributed by atoms with van der Waals surface area (Å²) < 4.78 is 7.13. The number of hydrogen-bond donors (Lipinski definition) is 1. The lowest BCUT2D eigenvalue weighted by Gasteiger charge is -2.06. The molecule has 5 heteroatoms. The van der Waals surface area contributed by atoms with Crippen LogP contribution in [-0.2, 0) is 6.54 Å². The highest BCUT2D eigenvalue weighted by atomic mass is 16.5. The van der Waals surface area contributed by atoms with Gasteiger partial charge in [-0.1, -0.05) is 12.8 Å². The monoisotopic (exact) mass is 246 g/mol. The van der Waals surface area contributed by atoms with Crippen molar-refractivity contribution in [3.63, 3.8) is 0 Å². The summed E-state index contributed by atoms with van der Waals surface area (Å²) in [6, 6.07) is 3.71. The highest BCUT2D eigenvalue weighted by Crippen LogP contribution is 2.33. The Morgan fingerprint density at radius 2 is 2.22 bits per heavy atom. The van der Waals surface area contributed by atoms with Crippen molar-refractivity contribution >= 4 is 17.1 Å². The molecule has 18 heavy (non-hydrogen) atoms. The highest BCUT2D eigenvalue weighted by Gasteiger charge is 2.20. The zero-order valence-corrected chi connectivity index (χ0v) is 10.6. The number of anilines is 1. The van der Waals surface area contributed by atoms with Crippen LogP contribution in [0.25, 0.3) is 11.2 Å². The van der Waals surface area contributed by atoms with E-state index in [0.29, 0.717) is 11.8 Å². The van der Waals surface area contributed by atoms with Crippen molar-refractivity contribution in [1.29, 1.82) is 0 Å². The first-order valence-electron chi connectivity index (χ1n) is 6.44. The third kappa shape index (κ3) is 2.12. The Hall–Kier alpha value is -1.78. The van der Waals surface area contributed by atoms with E-state index in [1.54, 1.807) is 7.11 Å². The van der Waals surface area contributed by atoms with Crippen molar-refractivity contribution in [2.75, 3.05) is 12.8 Å². The van der Waals surface area contributed by atoms with E-state index in [-0.39, 0.29) is 0 Å². The summed E-state index contributed by atoms with van der Waals surface area (Å²) in [5.74, 6) is 2.09. The second-order valence-electron chi connectivity index (χ2n) is 4.90. The van der Waals surface area contributed by atoms with Gasteiger partial charge in [-0.2, -0.15) is 4.98 Å². The number of aryl methyl sites for hydroxylation is 1. The number of imidazole rings is 1. The number of nitrogen functional groups attached to an aromatic ring is 1. The number of nitrogens with two attached hydrogens (primary N) is 1. The van der Waals surface area contributed by atoms with Gasteiger partial charge in [0.15, 0.2) is 5.65 Å². The molecule has 5 nitrogen and oxygen atoms in total. The van der Waals surface area contributed by atoms with Crippen LogP contribution in [0, 0.1) is 5.92 Å². The molecular formula is C13H18N4O. The number of rotatable bonds is 5. The smallest absolute Gasteiger partial charge is 0.215 e. The molecule has 0 bridgehead atoms. The molecule has 96 valence electrons. The van der Waals surface area contributed by atoms with Crippen LogP contribution in [0.1, 0.15) is 25.7 Å². The van der Waals surface area contributed by atoms with Gasteiger partial charge in [0.05, 0.1) is 7.11 Å². The molecule has 0 aromatic carbocycles. The molecule has 0 saturated heterocycles. The van der Waals surface area contributed by atoms with E-state index in [0.717, 1.165) is 30.0 Å². The number of hydrogen-bond acceptors (Lipinski definition) is 4. The maximum Gasteiger partial charge on any atom is 0.215 e. The van der Waals surface area contributed by atoms with Crippen LogP contribution >= 0.6 is 0 Å². The number of ether oxygens (including phenoxy) is 1. The summed E-state index contributed by atoms with van der Waals surface area (Å²) in [5.41, 5.74) is 7.60. The second-order valence-corrected chi connectivity index (χ2v) is 4.90. The molecule has 0 unspecified atom stereocenters. The highest BCUT2D eigenvalue weighted by molar-refractivity contribution is 5.74. The van der Waals surface area contributed by atoms with Gasteiger partial charge >= 0.3 is 0 Å². The molecule has 2 aromatic heterocycles. The fourth-order valence-electron chi connectivity index (χ4n) is 2.28. The molecule has 3 rings (SSSR count). The number of nitrogens with zero attached hydrogens (tertiary/aromatic N) is 3. The van der Waals surface area contributed by atoms with Crippen LogP contribution in [0.5, 0.6) is 5.88 Å². The van der Waals surface area contributed by atoms with Gasteiger partial charge in [0.2, 0.25) is 11.8 Å². The van der Waals surface area contributed by atoms with Gasteiger partial charge in [0.1, 0.15) is 5.52 Å². The molecule has 2 heterocycles. The Labute approximate surface area is 106 Å². The summed E-state index contributed by atoms with van der Waals surface area (Å²) in [5, 5.41) is 0. The lowest BCUT2D eigenvalue weighted by Crippen LogP contribution is -2.04. The van der Waals surface area contributed by atoms with Gasteiger partial charge in [-0.05, 0) is 24.8 Å². The Morgan fingerprint density at radius 3 is 2.94 bits per heavy atom. The molecule has 1 fully saturated rings. The largest absolute Gasteiger partial charge is 0.481 e. The van der Waals surface area contributed by atoms with E-state index < -0.39 is 0 Å². The van der Waals surface area contributed by atoms with Crippen LogP contribution in [0.15, 0.2) is 12.1 Å². The average Bonchev–Trinajstić information content (AvgIpc) is 3.14. The topological polar surface area (TPSA) is 66.0 Å². The van der Waals surface area contributed by atoms with Crippen LogP contribution in [0.4, 0.5) is 5.95 Å². The summed E-state index contributed by atoms with van der Waals surface area (Å²) in [7, 11) is 1.62. The molecule has 1 aliphatic carbocycles. The molecule has 0 atom stereocenters. The summed E-state index contributed by atoms with van der Waals surface area (Å²) in [4.78, 5) is 8.75. The number of methoxy groups -OCH3 is 1. The van der Waals surface area contributed by atoms with Crippen molar-refractivity contribution in [3.8, 4) is 5.88 Å². The van der Waals surface area contributed by atoms with E-state index in [1.807, 2.05) is 16.7 Å². The third-order valence-electron chi connectivity index (χ3n) is 3.50. The van der Waals surface area contributed by atoms with E-state index >= 15 is 0 Å². The second kappa shape index (κ2) is 4.48. The number of aromatic nitrogens is 3. The Kier molecular flexibility index (Phi) is 2.81. The Morgan fingerprint density at radius 1 is 1.39 bits per heavy atom. The average molecular weight is 246 g/mol. The SMILES string of the molecule is COc1ccc2nc(N)n(CCCC3CC3)c2n1. The fraction of sp³-hybridized carbons (Fsp3) is 0.538. The first kappa shape index (κ1) is 11.3. The molecule has 2 aromatic rings. The predicted octanol–water partition coefficient (Wildman–Crippen LogP) is 2.21. The molecule has 0 aliphatic heterocycles. The van der Waals surface area contributed by atoms with E-state index in [2.05, 4.69) is 9.97 Å². The number of fused-ring (bicyclic) bond motifs is 1.